The maximum absolute atomic E-state index is 13.4. The van der Waals surface area contributed by atoms with Crippen molar-refractivity contribution in [1.82, 2.24) is 4.90 Å². The largest absolute Gasteiger partial charge is 0.573 e. The topological polar surface area (TPSA) is 42.0 Å². The molecule has 232 valence electrons. The van der Waals surface area contributed by atoms with E-state index in [1.807, 2.05) is 11.8 Å². The number of halogens is 9. The molecule has 0 aromatic heterocycles. The molecule has 4 rings (SSSR count). The van der Waals surface area contributed by atoms with E-state index in [1.54, 1.807) is 0 Å². The summed E-state index contributed by atoms with van der Waals surface area (Å²) in [6.45, 7) is 4.04. The number of cyclic esters (lactones) is 1. The average molecular weight is 613 g/mol. The second-order valence-corrected chi connectivity index (χ2v) is 10.5. The summed E-state index contributed by atoms with van der Waals surface area (Å²) in [5, 5.41) is 0. The maximum atomic E-state index is 13.4. The zero-order valence-corrected chi connectivity index (χ0v) is 22.7. The van der Waals surface area contributed by atoms with Crippen molar-refractivity contribution < 1.29 is 53.8 Å². The van der Waals surface area contributed by atoms with E-state index in [0.717, 1.165) is 42.7 Å². The molecule has 2 atom stereocenters. The highest BCUT2D eigenvalue weighted by atomic mass is 19.4. The van der Waals surface area contributed by atoms with Gasteiger partial charge >= 0.3 is 24.8 Å². The van der Waals surface area contributed by atoms with Crippen molar-refractivity contribution in [2.75, 3.05) is 18.0 Å². The third-order valence-corrected chi connectivity index (χ3v) is 7.63. The van der Waals surface area contributed by atoms with Crippen molar-refractivity contribution in [2.45, 2.75) is 76.9 Å². The van der Waals surface area contributed by atoms with Gasteiger partial charge in [0.2, 0.25) is 0 Å². The molecule has 1 heterocycles. The van der Waals surface area contributed by atoms with Crippen molar-refractivity contribution in [1.29, 1.82) is 0 Å². The van der Waals surface area contributed by atoms with Crippen LogP contribution in [0, 0.1) is 5.92 Å². The fourth-order valence-electron chi connectivity index (χ4n) is 5.58. The summed E-state index contributed by atoms with van der Waals surface area (Å²) >= 11 is 0. The van der Waals surface area contributed by atoms with Crippen LogP contribution in [0.4, 0.5) is 50.0 Å². The molecule has 1 aliphatic carbocycles. The first-order valence-electron chi connectivity index (χ1n) is 13.4. The van der Waals surface area contributed by atoms with Gasteiger partial charge in [-0.25, -0.2) is 4.79 Å². The number of rotatable bonds is 8. The molecule has 42 heavy (non-hydrogen) atoms. The Balaban J connectivity index is 1.68. The standard InChI is InChI=1S/C28H29F9N2O3/c1-3-38(14-17-6-4-5-7-17)23-9-8-22(42-28(35,36)37)12-19(23)15-39-16(2)24(41-25(39)40)18-10-20(26(29,30)31)13-21(11-18)27(32,33)34/h8-13,16-17,24H,3-7,14-15H2,1-2H3/t16-,24-/m0/s1. The van der Waals surface area contributed by atoms with Crippen LogP contribution < -0.4 is 9.64 Å². The lowest BCUT2D eigenvalue weighted by Crippen LogP contribution is -2.34. The molecular formula is C28H29F9N2O3. The van der Waals surface area contributed by atoms with Gasteiger partial charge in [0, 0.05) is 18.8 Å². The number of amides is 1. The van der Waals surface area contributed by atoms with Crippen LogP contribution in [0.1, 0.15) is 67.9 Å². The number of carbonyl (C=O) groups is 1. The van der Waals surface area contributed by atoms with E-state index in [2.05, 4.69) is 4.74 Å². The number of alkyl halides is 9. The summed E-state index contributed by atoms with van der Waals surface area (Å²) in [5.41, 5.74) is -2.84. The zero-order valence-electron chi connectivity index (χ0n) is 22.7. The van der Waals surface area contributed by atoms with E-state index >= 15 is 0 Å². The van der Waals surface area contributed by atoms with E-state index in [0.29, 0.717) is 36.8 Å². The lowest BCUT2D eigenvalue weighted by molar-refractivity contribution is -0.274. The molecule has 1 saturated heterocycles. The number of carbonyl (C=O) groups excluding carboxylic acids is 1. The summed E-state index contributed by atoms with van der Waals surface area (Å²) < 4.78 is 129. The van der Waals surface area contributed by atoms with E-state index in [1.165, 1.54) is 13.0 Å². The van der Waals surface area contributed by atoms with Gasteiger partial charge in [0.05, 0.1) is 23.7 Å². The van der Waals surface area contributed by atoms with Crippen LogP contribution in [0.5, 0.6) is 5.75 Å². The van der Waals surface area contributed by atoms with Gasteiger partial charge < -0.3 is 14.4 Å². The van der Waals surface area contributed by atoms with Crippen LogP contribution in [0.15, 0.2) is 36.4 Å². The monoisotopic (exact) mass is 612 g/mol. The Labute approximate surface area is 236 Å². The number of hydrogen-bond acceptors (Lipinski definition) is 4. The third-order valence-electron chi connectivity index (χ3n) is 7.63. The molecule has 0 radical (unpaired) electrons. The Morgan fingerprint density at radius 1 is 0.929 bits per heavy atom. The highest BCUT2D eigenvalue weighted by molar-refractivity contribution is 5.72. The molecule has 2 aromatic rings. The predicted octanol–water partition coefficient (Wildman–Crippen LogP) is 8.72. The fraction of sp³-hybridized carbons (Fsp3) is 0.536. The molecule has 0 N–H and O–H groups in total. The molecule has 0 bridgehead atoms. The SMILES string of the molecule is CCN(CC1CCCC1)c1ccc(OC(F)(F)F)cc1CN1C(=O)O[C@H](c2cc(C(F)(F)F)cc(C(F)(F)F)c2)[C@@H]1C. The molecule has 0 spiro atoms. The van der Waals surface area contributed by atoms with Gasteiger partial charge in [0.1, 0.15) is 11.9 Å². The summed E-state index contributed by atoms with van der Waals surface area (Å²) in [6.07, 6.45) is -13.6. The van der Waals surface area contributed by atoms with Crippen LogP contribution in [0.25, 0.3) is 0 Å². The normalized spacial score (nSPS) is 20.3. The fourth-order valence-corrected chi connectivity index (χ4v) is 5.58. The highest BCUT2D eigenvalue weighted by Gasteiger charge is 2.43. The van der Waals surface area contributed by atoms with E-state index < -0.39 is 59.4 Å². The van der Waals surface area contributed by atoms with Crippen molar-refractivity contribution in [2.24, 2.45) is 5.92 Å². The van der Waals surface area contributed by atoms with Gasteiger partial charge in [-0.1, -0.05) is 12.8 Å². The Morgan fingerprint density at radius 2 is 1.52 bits per heavy atom. The van der Waals surface area contributed by atoms with Crippen LogP contribution in [-0.2, 0) is 23.6 Å². The maximum Gasteiger partial charge on any atom is 0.573 e. The summed E-state index contributed by atoms with van der Waals surface area (Å²) in [5.74, 6) is -0.171. The van der Waals surface area contributed by atoms with E-state index in [4.69, 9.17) is 4.74 Å². The molecule has 1 amide bonds. The van der Waals surface area contributed by atoms with Crippen LogP contribution in [0.3, 0.4) is 0 Å². The summed E-state index contributed by atoms with van der Waals surface area (Å²) in [7, 11) is 0. The molecule has 1 saturated carbocycles. The first-order valence-corrected chi connectivity index (χ1v) is 13.4. The van der Waals surface area contributed by atoms with Gasteiger partial charge in [-0.15, -0.1) is 13.2 Å². The van der Waals surface area contributed by atoms with Crippen LogP contribution >= 0.6 is 0 Å². The van der Waals surface area contributed by atoms with Crippen molar-refractivity contribution in [3.8, 4) is 5.75 Å². The van der Waals surface area contributed by atoms with Crippen molar-refractivity contribution in [3.05, 3.63) is 58.7 Å². The smallest absolute Gasteiger partial charge is 0.439 e. The number of ether oxygens (including phenoxy) is 2. The van der Waals surface area contributed by atoms with Crippen LogP contribution in [0.2, 0.25) is 0 Å². The molecule has 2 fully saturated rings. The third kappa shape index (κ3) is 7.35. The Morgan fingerprint density at radius 3 is 2.05 bits per heavy atom. The Hall–Kier alpha value is -3.32. The second-order valence-electron chi connectivity index (χ2n) is 10.5. The molecule has 0 unspecified atom stereocenters. The van der Waals surface area contributed by atoms with Gasteiger partial charge in [-0.05, 0) is 80.1 Å². The molecular weight excluding hydrogens is 583 g/mol. The minimum Gasteiger partial charge on any atom is -0.439 e. The second kappa shape index (κ2) is 11.8. The molecule has 2 aromatic carbocycles. The number of hydrogen-bond donors (Lipinski definition) is 0. The zero-order chi connectivity index (χ0) is 31.0. The minimum absolute atomic E-state index is 0.0230. The quantitative estimate of drug-likeness (QED) is 0.280. The minimum atomic E-state index is -5.10. The lowest BCUT2D eigenvalue weighted by atomic mass is 9.97. The van der Waals surface area contributed by atoms with Crippen molar-refractivity contribution in [3.63, 3.8) is 0 Å². The predicted molar refractivity (Wildman–Crippen MR) is 134 cm³/mol. The number of nitrogens with zero attached hydrogens (tertiary/aromatic N) is 2. The molecule has 2 aliphatic rings. The highest BCUT2D eigenvalue weighted by Crippen LogP contribution is 2.42. The first-order chi connectivity index (χ1) is 19.5. The van der Waals surface area contributed by atoms with Gasteiger partial charge in [0.25, 0.3) is 0 Å². The molecule has 1 aliphatic heterocycles. The van der Waals surface area contributed by atoms with E-state index in [9.17, 15) is 44.3 Å². The Kier molecular flexibility index (Phi) is 8.85. The lowest BCUT2D eigenvalue weighted by Gasteiger charge is -2.30. The van der Waals surface area contributed by atoms with Gasteiger partial charge in [-0.2, -0.15) is 26.3 Å². The first kappa shape index (κ1) is 31.6. The van der Waals surface area contributed by atoms with Crippen LogP contribution in [-0.4, -0.2) is 36.5 Å². The number of anilines is 1. The summed E-state index contributed by atoms with van der Waals surface area (Å²) in [6, 6.07) is 3.63. The van der Waals surface area contributed by atoms with Crippen molar-refractivity contribution >= 4 is 11.8 Å². The molecule has 14 heteroatoms. The van der Waals surface area contributed by atoms with Gasteiger partial charge in [0.15, 0.2) is 0 Å². The average Bonchev–Trinajstić information content (AvgIpc) is 3.49. The molecule has 5 nitrogen and oxygen atoms in total. The van der Waals surface area contributed by atoms with E-state index in [-0.39, 0.29) is 18.2 Å². The Bertz CT molecular complexity index is 1240. The summed E-state index contributed by atoms with van der Waals surface area (Å²) in [4.78, 5) is 15.9. The number of benzene rings is 2. The van der Waals surface area contributed by atoms with Gasteiger partial charge in [-0.3, -0.25) is 4.90 Å².